The minimum absolute atomic E-state index is 0.597. The summed E-state index contributed by atoms with van der Waals surface area (Å²) in [7, 11) is 1.62. The second-order valence-corrected chi connectivity index (χ2v) is 7.13. The number of rotatable bonds is 5. The third-order valence-electron chi connectivity index (χ3n) is 4.13. The zero-order valence-corrected chi connectivity index (χ0v) is 15.9. The Balaban J connectivity index is 1.51. The number of hydrogen-bond donors (Lipinski definition) is 0. The summed E-state index contributed by atoms with van der Waals surface area (Å²) in [6.07, 6.45) is 7.75. The van der Waals surface area contributed by atoms with Gasteiger partial charge in [-0.1, -0.05) is 41.7 Å². The number of anilines is 1. The van der Waals surface area contributed by atoms with Crippen LogP contribution in [-0.4, -0.2) is 23.6 Å². The molecule has 1 aliphatic rings. The maximum Gasteiger partial charge on any atom is 0.214 e. The highest BCUT2D eigenvalue weighted by atomic mass is 32.1. The van der Waals surface area contributed by atoms with E-state index in [0.29, 0.717) is 12.4 Å². The van der Waals surface area contributed by atoms with Crippen LogP contribution in [0.4, 0.5) is 5.69 Å². The van der Waals surface area contributed by atoms with E-state index in [1.807, 2.05) is 61.7 Å². The summed E-state index contributed by atoms with van der Waals surface area (Å²) in [5.74, 6) is 1.41. The van der Waals surface area contributed by atoms with Gasteiger partial charge in [-0.3, -0.25) is 0 Å². The standard InChI is InChI=1S/C21H19N3O2S/c1-15-23-20(16-6-4-3-5-7-16)21(27-15)26-18-9-12-24(13-10-18)17-8-11-22-19(14-17)25-2/h3-12,14H,13H2,1-2H3. The number of hydrogen-bond acceptors (Lipinski definition) is 6. The predicted octanol–water partition coefficient (Wildman–Crippen LogP) is 4.82. The van der Waals surface area contributed by atoms with Gasteiger partial charge in [0.05, 0.1) is 12.1 Å². The molecule has 1 aromatic carbocycles. The molecule has 1 aliphatic heterocycles. The van der Waals surface area contributed by atoms with Gasteiger partial charge >= 0.3 is 0 Å². The van der Waals surface area contributed by atoms with Gasteiger partial charge < -0.3 is 14.4 Å². The van der Waals surface area contributed by atoms with Crippen LogP contribution in [0.1, 0.15) is 5.01 Å². The Morgan fingerprint density at radius 1 is 1.15 bits per heavy atom. The van der Waals surface area contributed by atoms with Crippen molar-refractivity contribution in [2.75, 3.05) is 18.6 Å². The molecule has 0 atom stereocenters. The van der Waals surface area contributed by atoms with E-state index in [1.165, 1.54) is 0 Å². The Labute approximate surface area is 162 Å². The van der Waals surface area contributed by atoms with Crippen molar-refractivity contribution in [3.05, 3.63) is 77.8 Å². The number of aryl methyl sites for hydroxylation is 1. The van der Waals surface area contributed by atoms with E-state index in [9.17, 15) is 0 Å². The zero-order chi connectivity index (χ0) is 18.6. The van der Waals surface area contributed by atoms with Crippen LogP contribution < -0.4 is 14.4 Å². The number of thiazole rings is 1. The highest BCUT2D eigenvalue weighted by Crippen LogP contribution is 2.36. The van der Waals surface area contributed by atoms with Crippen LogP contribution in [0, 0.1) is 6.92 Å². The lowest BCUT2D eigenvalue weighted by Gasteiger charge is -2.22. The summed E-state index contributed by atoms with van der Waals surface area (Å²) < 4.78 is 11.4. The van der Waals surface area contributed by atoms with E-state index in [0.717, 1.165) is 32.8 Å². The van der Waals surface area contributed by atoms with Gasteiger partial charge in [0.2, 0.25) is 10.9 Å². The van der Waals surface area contributed by atoms with Gasteiger partial charge in [-0.15, -0.1) is 0 Å². The van der Waals surface area contributed by atoms with Crippen molar-refractivity contribution in [3.8, 4) is 22.2 Å². The SMILES string of the molecule is COc1cc(N2C=CC(Oc3sc(C)nc3-c3ccccc3)=CC2)ccn1. The molecule has 0 spiro atoms. The third-order valence-corrected chi connectivity index (χ3v) is 4.98. The molecule has 136 valence electrons. The van der Waals surface area contributed by atoms with Crippen molar-refractivity contribution in [1.29, 1.82) is 0 Å². The van der Waals surface area contributed by atoms with Crippen LogP contribution >= 0.6 is 11.3 Å². The van der Waals surface area contributed by atoms with E-state index in [4.69, 9.17) is 9.47 Å². The van der Waals surface area contributed by atoms with Crippen LogP contribution in [0.2, 0.25) is 0 Å². The first-order valence-electron chi connectivity index (χ1n) is 8.58. The minimum Gasteiger partial charge on any atom is -0.481 e. The molecule has 0 saturated heterocycles. The highest BCUT2D eigenvalue weighted by Gasteiger charge is 2.15. The quantitative estimate of drug-likeness (QED) is 0.638. The van der Waals surface area contributed by atoms with Gasteiger partial charge in [0.25, 0.3) is 0 Å². The van der Waals surface area contributed by atoms with E-state index in [2.05, 4.69) is 20.9 Å². The normalized spacial score (nSPS) is 13.4. The van der Waals surface area contributed by atoms with Crippen LogP contribution in [-0.2, 0) is 0 Å². The summed E-state index contributed by atoms with van der Waals surface area (Å²) in [5, 5.41) is 1.79. The summed E-state index contributed by atoms with van der Waals surface area (Å²) in [6, 6.07) is 14.0. The van der Waals surface area contributed by atoms with Gasteiger partial charge in [0, 0.05) is 36.3 Å². The van der Waals surface area contributed by atoms with Crippen molar-refractivity contribution in [2.24, 2.45) is 0 Å². The molecular weight excluding hydrogens is 358 g/mol. The molecule has 0 N–H and O–H groups in total. The van der Waals surface area contributed by atoms with Gasteiger partial charge in [-0.25, -0.2) is 9.97 Å². The van der Waals surface area contributed by atoms with Crippen molar-refractivity contribution in [3.63, 3.8) is 0 Å². The van der Waals surface area contributed by atoms with Crippen molar-refractivity contribution >= 4 is 17.0 Å². The Bertz CT molecular complexity index is 996. The van der Waals surface area contributed by atoms with Gasteiger partial charge in [-0.2, -0.15) is 0 Å². The average molecular weight is 377 g/mol. The van der Waals surface area contributed by atoms with Gasteiger partial charge in [-0.05, 0) is 25.1 Å². The lowest BCUT2D eigenvalue weighted by molar-refractivity contribution is 0.398. The number of ether oxygens (including phenoxy) is 2. The molecule has 0 saturated carbocycles. The summed E-state index contributed by atoms with van der Waals surface area (Å²) in [4.78, 5) is 10.9. The molecule has 2 aromatic heterocycles. The van der Waals surface area contributed by atoms with E-state index in [-0.39, 0.29) is 0 Å². The molecule has 0 amide bonds. The number of nitrogens with zero attached hydrogens (tertiary/aromatic N) is 3. The lowest BCUT2D eigenvalue weighted by atomic mass is 10.2. The van der Waals surface area contributed by atoms with Crippen molar-refractivity contribution < 1.29 is 9.47 Å². The molecule has 0 radical (unpaired) electrons. The maximum absolute atomic E-state index is 6.16. The first-order chi connectivity index (χ1) is 13.2. The van der Waals surface area contributed by atoms with E-state index < -0.39 is 0 Å². The molecule has 5 nitrogen and oxygen atoms in total. The number of benzene rings is 1. The monoisotopic (exact) mass is 377 g/mol. The first-order valence-corrected chi connectivity index (χ1v) is 9.40. The number of allylic oxidation sites excluding steroid dienone is 1. The van der Waals surface area contributed by atoms with Gasteiger partial charge in [0.1, 0.15) is 11.5 Å². The van der Waals surface area contributed by atoms with Crippen molar-refractivity contribution in [2.45, 2.75) is 6.92 Å². The smallest absolute Gasteiger partial charge is 0.214 e. The molecular formula is C21H19N3O2S. The molecule has 4 rings (SSSR count). The third kappa shape index (κ3) is 3.85. The molecule has 0 fully saturated rings. The number of pyridine rings is 1. The summed E-state index contributed by atoms with van der Waals surface area (Å²) in [6.45, 7) is 2.70. The van der Waals surface area contributed by atoms with Crippen LogP contribution in [0.15, 0.2) is 72.8 Å². The molecule has 3 aromatic rings. The molecule has 0 bridgehead atoms. The summed E-state index contributed by atoms with van der Waals surface area (Å²) >= 11 is 1.56. The average Bonchev–Trinajstić information content (AvgIpc) is 3.09. The van der Waals surface area contributed by atoms with E-state index in [1.54, 1.807) is 24.6 Å². The Morgan fingerprint density at radius 2 is 2.00 bits per heavy atom. The zero-order valence-electron chi connectivity index (χ0n) is 15.1. The topological polar surface area (TPSA) is 47.5 Å². The Morgan fingerprint density at radius 3 is 2.74 bits per heavy atom. The second kappa shape index (κ2) is 7.63. The van der Waals surface area contributed by atoms with Crippen LogP contribution in [0.3, 0.4) is 0 Å². The molecule has 27 heavy (non-hydrogen) atoms. The Kier molecular flexibility index (Phi) is 4.89. The lowest BCUT2D eigenvalue weighted by Crippen LogP contribution is -2.19. The fourth-order valence-corrected chi connectivity index (χ4v) is 3.60. The van der Waals surface area contributed by atoms with Crippen LogP contribution in [0.5, 0.6) is 10.9 Å². The Hall–Kier alpha value is -3.12. The molecule has 6 heteroatoms. The highest BCUT2D eigenvalue weighted by molar-refractivity contribution is 7.13. The molecule has 3 heterocycles. The number of methoxy groups -OCH3 is 1. The largest absolute Gasteiger partial charge is 0.481 e. The number of aromatic nitrogens is 2. The van der Waals surface area contributed by atoms with Gasteiger partial charge in [0.15, 0.2) is 0 Å². The maximum atomic E-state index is 6.16. The second-order valence-electron chi connectivity index (χ2n) is 5.97. The fourth-order valence-electron chi connectivity index (χ4n) is 2.80. The first kappa shape index (κ1) is 17.3. The minimum atomic E-state index is 0.597. The predicted molar refractivity (Wildman–Crippen MR) is 108 cm³/mol. The van der Waals surface area contributed by atoms with Crippen LogP contribution in [0.25, 0.3) is 11.3 Å². The van der Waals surface area contributed by atoms with E-state index >= 15 is 0 Å². The molecule has 0 unspecified atom stereocenters. The fraction of sp³-hybridized carbons (Fsp3) is 0.143. The molecule has 0 aliphatic carbocycles. The van der Waals surface area contributed by atoms with Crippen molar-refractivity contribution in [1.82, 2.24) is 9.97 Å². The summed E-state index contributed by atoms with van der Waals surface area (Å²) in [5.41, 5.74) is 2.96.